The third-order valence-corrected chi connectivity index (χ3v) is 6.56. The number of methoxy groups -OCH3 is 1. The van der Waals surface area contributed by atoms with Crippen molar-refractivity contribution in [2.24, 2.45) is 5.73 Å². The van der Waals surface area contributed by atoms with E-state index < -0.39 is 36.3 Å². The molecule has 10 nitrogen and oxygen atoms in total. The Labute approximate surface area is 240 Å². The fourth-order valence-corrected chi connectivity index (χ4v) is 4.57. The highest BCUT2D eigenvalue weighted by Gasteiger charge is 2.35. The summed E-state index contributed by atoms with van der Waals surface area (Å²) in [4.78, 5) is 40.7. The lowest BCUT2D eigenvalue weighted by Crippen LogP contribution is -2.52. The predicted octanol–water partition coefficient (Wildman–Crippen LogP) is 2.73. The highest BCUT2D eigenvalue weighted by atomic mass is 16.5. The standard InChI is InChI=1S/C31H37N5O5/c1-41-25-15-8-10-22(20-25)17-19-34-26(16-9-18-35-31(32)33)29(39)36(21-27(37)38)30(40)28(23-11-4-2-5-12-23)24-13-6-3-7-14-24/h2-8,10-15,20,26,28,34H,9,16-19,21H2,1H3,(H,37,38)(H4,32,33,35)/t26-/m0/s1. The molecule has 2 amide bonds. The zero-order chi connectivity index (χ0) is 29.6. The molecular formula is C31H37N5O5. The minimum atomic E-state index is -1.29. The normalized spacial score (nSPS) is 11.5. The Morgan fingerprint density at radius 3 is 2.12 bits per heavy atom. The summed E-state index contributed by atoms with van der Waals surface area (Å²) in [5, 5.41) is 23.0. The minimum Gasteiger partial charge on any atom is -0.497 e. The summed E-state index contributed by atoms with van der Waals surface area (Å²) in [6.07, 6.45) is 1.33. The molecule has 3 aromatic carbocycles. The number of amides is 2. The summed E-state index contributed by atoms with van der Waals surface area (Å²) in [7, 11) is 1.59. The van der Waals surface area contributed by atoms with E-state index in [-0.39, 0.29) is 5.96 Å². The minimum absolute atomic E-state index is 0.185. The second kappa shape index (κ2) is 15.8. The van der Waals surface area contributed by atoms with Gasteiger partial charge in [0.2, 0.25) is 11.8 Å². The quantitative estimate of drug-likeness (QED) is 0.108. The number of imide groups is 1. The van der Waals surface area contributed by atoms with Gasteiger partial charge in [0, 0.05) is 6.54 Å². The van der Waals surface area contributed by atoms with Gasteiger partial charge in [0.25, 0.3) is 0 Å². The van der Waals surface area contributed by atoms with Gasteiger partial charge in [-0.15, -0.1) is 0 Å². The van der Waals surface area contributed by atoms with Crippen LogP contribution in [-0.4, -0.2) is 66.5 Å². The van der Waals surface area contributed by atoms with Crippen molar-refractivity contribution in [3.05, 3.63) is 102 Å². The number of carbonyl (C=O) groups excluding carboxylic acids is 2. The molecule has 6 N–H and O–H groups in total. The zero-order valence-corrected chi connectivity index (χ0v) is 23.1. The van der Waals surface area contributed by atoms with E-state index in [0.717, 1.165) is 16.2 Å². The maximum absolute atomic E-state index is 14.1. The molecule has 1 atom stereocenters. The number of carboxylic acid groups (broad SMARTS) is 1. The second-order valence-electron chi connectivity index (χ2n) is 9.50. The SMILES string of the molecule is COc1cccc(CCN[C@@H](CCCNC(=N)N)C(=O)N(CC(=O)O)C(=O)C(c2ccccc2)c2ccccc2)c1. The van der Waals surface area contributed by atoms with Gasteiger partial charge >= 0.3 is 5.97 Å². The Balaban J connectivity index is 1.87. The summed E-state index contributed by atoms with van der Waals surface area (Å²) >= 11 is 0. The maximum Gasteiger partial charge on any atom is 0.323 e. The van der Waals surface area contributed by atoms with Crippen LogP contribution in [0.15, 0.2) is 84.9 Å². The molecule has 0 aliphatic carbocycles. The number of ether oxygens (including phenoxy) is 1. The number of guanidine groups is 1. The lowest BCUT2D eigenvalue weighted by Gasteiger charge is -2.29. The number of benzene rings is 3. The molecule has 0 aromatic heterocycles. The van der Waals surface area contributed by atoms with Crippen molar-refractivity contribution in [3.63, 3.8) is 0 Å². The number of carbonyl (C=O) groups is 3. The summed E-state index contributed by atoms with van der Waals surface area (Å²) in [5.74, 6) is -2.86. The number of carboxylic acids is 1. The molecule has 0 bridgehead atoms. The summed E-state index contributed by atoms with van der Waals surface area (Å²) in [6, 6.07) is 24.7. The molecule has 0 aliphatic rings. The van der Waals surface area contributed by atoms with Crippen molar-refractivity contribution < 1.29 is 24.2 Å². The highest BCUT2D eigenvalue weighted by Crippen LogP contribution is 2.27. The summed E-state index contributed by atoms with van der Waals surface area (Å²) in [6.45, 7) is -0.0204. The van der Waals surface area contributed by atoms with Crippen molar-refractivity contribution in [2.45, 2.75) is 31.2 Å². The topological polar surface area (TPSA) is 158 Å². The molecule has 216 valence electrons. The molecule has 3 aromatic rings. The second-order valence-corrected chi connectivity index (χ2v) is 9.50. The van der Waals surface area contributed by atoms with Crippen molar-refractivity contribution >= 4 is 23.7 Å². The van der Waals surface area contributed by atoms with Gasteiger partial charge < -0.3 is 26.2 Å². The first-order valence-electron chi connectivity index (χ1n) is 13.4. The molecule has 10 heteroatoms. The molecule has 0 aliphatic heterocycles. The molecule has 0 saturated heterocycles. The van der Waals surface area contributed by atoms with E-state index in [4.69, 9.17) is 15.9 Å². The summed E-state index contributed by atoms with van der Waals surface area (Å²) < 4.78 is 5.29. The first-order valence-corrected chi connectivity index (χ1v) is 13.4. The average Bonchev–Trinajstić information content (AvgIpc) is 2.98. The number of aliphatic carboxylic acids is 1. The van der Waals surface area contributed by atoms with Gasteiger partial charge in [0.05, 0.1) is 19.1 Å². The third-order valence-electron chi connectivity index (χ3n) is 6.56. The number of nitrogens with one attached hydrogen (secondary N) is 3. The lowest BCUT2D eigenvalue weighted by atomic mass is 9.89. The van der Waals surface area contributed by atoms with E-state index in [1.54, 1.807) is 55.6 Å². The van der Waals surface area contributed by atoms with E-state index in [1.807, 2.05) is 36.4 Å². The molecule has 3 rings (SSSR count). The van der Waals surface area contributed by atoms with Crippen molar-refractivity contribution in [1.29, 1.82) is 5.41 Å². The fraction of sp³-hybridized carbons (Fsp3) is 0.290. The largest absolute Gasteiger partial charge is 0.497 e. The molecule has 0 heterocycles. The van der Waals surface area contributed by atoms with Crippen LogP contribution in [0.4, 0.5) is 0 Å². The third kappa shape index (κ3) is 9.47. The lowest BCUT2D eigenvalue weighted by molar-refractivity contribution is -0.154. The smallest absolute Gasteiger partial charge is 0.323 e. The molecule has 0 fully saturated rings. The van der Waals surface area contributed by atoms with Gasteiger partial charge in [0.15, 0.2) is 5.96 Å². The van der Waals surface area contributed by atoms with Crippen LogP contribution in [0.25, 0.3) is 0 Å². The fourth-order valence-electron chi connectivity index (χ4n) is 4.57. The van der Waals surface area contributed by atoms with Crippen LogP contribution in [0.2, 0.25) is 0 Å². The summed E-state index contributed by atoms with van der Waals surface area (Å²) in [5.41, 5.74) is 7.68. The Morgan fingerprint density at radius 2 is 1.56 bits per heavy atom. The molecule has 0 radical (unpaired) electrons. The van der Waals surface area contributed by atoms with Crippen LogP contribution < -0.4 is 21.1 Å². The number of hydrogen-bond acceptors (Lipinski definition) is 6. The monoisotopic (exact) mass is 559 g/mol. The number of nitrogens with two attached hydrogens (primary N) is 1. The number of hydrogen-bond donors (Lipinski definition) is 5. The van der Waals surface area contributed by atoms with Crippen LogP contribution in [-0.2, 0) is 20.8 Å². The first kappa shape index (κ1) is 30.8. The van der Waals surface area contributed by atoms with Crippen molar-refractivity contribution in [1.82, 2.24) is 15.5 Å². The van der Waals surface area contributed by atoms with E-state index in [0.29, 0.717) is 43.5 Å². The van der Waals surface area contributed by atoms with E-state index in [9.17, 15) is 19.5 Å². The number of nitrogens with zero attached hydrogens (tertiary/aromatic N) is 1. The molecular weight excluding hydrogens is 522 g/mol. The van der Waals surface area contributed by atoms with Crippen molar-refractivity contribution in [3.8, 4) is 5.75 Å². The van der Waals surface area contributed by atoms with E-state index in [2.05, 4.69) is 10.6 Å². The predicted molar refractivity (Wildman–Crippen MR) is 157 cm³/mol. The van der Waals surface area contributed by atoms with Gasteiger partial charge in [-0.3, -0.25) is 24.7 Å². The molecule has 0 unspecified atom stereocenters. The molecule has 41 heavy (non-hydrogen) atoms. The maximum atomic E-state index is 14.1. The van der Waals surface area contributed by atoms with Gasteiger partial charge in [-0.1, -0.05) is 72.8 Å². The number of rotatable bonds is 15. The van der Waals surface area contributed by atoms with Crippen molar-refractivity contribution in [2.75, 3.05) is 26.7 Å². The first-order chi connectivity index (χ1) is 19.8. The van der Waals surface area contributed by atoms with Gasteiger partial charge in [0.1, 0.15) is 12.3 Å². The Bertz CT molecular complexity index is 1260. The Hall–Kier alpha value is -4.70. The van der Waals surface area contributed by atoms with E-state index in [1.165, 1.54) is 0 Å². The Kier molecular flexibility index (Phi) is 11.9. The van der Waals surface area contributed by atoms with E-state index >= 15 is 0 Å². The van der Waals surface area contributed by atoms with Crippen LogP contribution in [0.3, 0.4) is 0 Å². The van der Waals surface area contributed by atoms with Crippen LogP contribution in [0.1, 0.15) is 35.4 Å². The van der Waals surface area contributed by atoms with Crippen LogP contribution in [0.5, 0.6) is 5.75 Å². The van der Waals surface area contributed by atoms with Crippen LogP contribution in [0, 0.1) is 5.41 Å². The molecule has 0 spiro atoms. The zero-order valence-electron chi connectivity index (χ0n) is 23.1. The molecule has 0 saturated carbocycles. The van der Waals surface area contributed by atoms with Gasteiger partial charge in [-0.05, 0) is 54.6 Å². The Morgan fingerprint density at radius 1 is 0.927 bits per heavy atom. The van der Waals surface area contributed by atoms with Crippen LogP contribution >= 0.6 is 0 Å². The average molecular weight is 560 g/mol. The highest BCUT2D eigenvalue weighted by molar-refractivity contribution is 6.04. The van der Waals surface area contributed by atoms with Gasteiger partial charge in [-0.25, -0.2) is 0 Å². The van der Waals surface area contributed by atoms with Gasteiger partial charge in [-0.2, -0.15) is 0 Å².